The van der Waals surface area contributed by atoms with Crippen LogP contribution in [-0.4, -0.2) is 22.9 Å². The van der Waals surface area contributed by atoms with Gasteiger partial charge in [-0.2, -0.15) is 4.62 Å². The number of methoxy groups -OCH3 is 1. The number of aromatic hydroxyl groups is 1. The van der Waals surface area contributed by atoms with Crippen LogP contribution in [0.3, 0.4) is 0 Å². The second-order valence-corrected chi connectivity index (χ2v) is 9.00. The van der Waals surface area contributed by atoms with Crippen molar-refractivity contribution in [2.75, 3.05) is 12.6 Å². The van der Waals surface area contributed by atoms with Gasteiger partial charge in [0.1, 0.15) is 10.8 Å². The Kier molecular flexibility index (Phi) is 7.84. The molecule has 0 bridgehead atoms. The number of nitrogens with zero attached hydrogens (tertiary/aromatic N) is 1. The first-order valence-corrected chi connectivity index (χ1v) is 11.0. The number of rotatable bonds is 9. The molecular formula is C18H23Cl2N2O5P. The van der Waals surface area contributed by atoms with E-state index >= 15 is 0 Å². The zero-order valence-corrected chi connectivity index (χ0v) is 18.4. The molecule has 1 unspecified atom stereocenters. The van der Waals surface area contributed by atoms with Gasteiger partial charge in [-0.15, -0.1) is 0 Å². The Morgan fingerprint density at radius 2 is 1.96 bits per heavy atom. The van der Waals surface area contributed by atoms with Crippen LogP contribution in [0.1, 0.15) is 32.3 Å². The van der Waals surface area contributed by atoms with E-state index in [0.717, 1.165) is 0 Å². The average molecular weight is 449 g/mol. The fourth-order valence-corrected chi connectivity index (χ4v) is 4.71. The maximum absolute atomic E-state index is 13.6. The van der Waals surface area contributed by atoms with Crippen LogP contribution in [0, 0.1) is 6.92 Å². The number of halogens is 2. The molecule has 0 fully saturated rings. The standard InChI is InChI=1S/C18H23Cl2N2O5P/c1-5-13(6-2)28(24,27-22-18-16(20)14(19)7-8-21-18)26-12-9-11(3)17(23)15(10-12)25-4/h7-10,13,23H,5-6H2,1-4H3,(H,21,22). The van der Waals surface area contributed by atoms with Crippen molar-refractivity contribution in [3.05, 3.63) is 40.0 Å². The lowest BCUT2D eigenvalue weighted by Crippen LogP contribution is -2.16. The van der Waals surface area contributed by atoms with Crippen LogP contribution in [0.15, 0.2) is 24.4 Å². The third-order valence-electron chi connectivity index (χ3n) is 4.19. The minimum absolute atomic E-state index is 0.0128. The van der Waals surface area contributed by atoms with Gasteiger partial charge in [0.2, 0.25) is 0 Å². The minimum atomic E-state index is -3.71. The molecule has 2 N–H and O–H groups in total. The quantitative estimate of drug-likeness (QED) is 0.347. The van der Waals surface area contributed by atoms with Crippen molar-refractivity contribution >= 4 is 36.6 Å². The third-order valence-corrected chi connectivity index (χ3v) is 7.42. The highest BCUT2D eigenvalue weighted by molar-refractivity contribution is 7.55. The van der Waals surface area contributed by atoms with E-state index in [9.17, 15) is 9.67 Å². The molecule has 1 aromatic heterocycles. The van der Waals surface area contributed by atoms with Gasteiger partial charge in [0.05, 0.1) is 17.8 Å². The molecule has 0 aliphatic rings. The Bertz CT molecular complexity index is 877. The van der Waals surface area contributed by atoms with E-state index in [-0.39, 0.29) is 33.1 Å². The van der Waals surface area contributed by atoms with Gasteiger partial charge in [-0.05, 0) is 37.5 Å². The summed E-state index contributed by atoms with van der Waals surface area (Å²) in [6.45, 7) is 5.46. The zero-order chi connectivity index (χ0) is 20.9. The summed E-state index contributed by atoms with van der Waals surface area (Å²) < 4.78 is 30.0. The number of hydrogen-bond acceptors (Lipinski definition) is 7. The number of hydrogen-bond donors (Lipinski definition) is 2. The van der Waals surface area contributed by atoms with Gasteiger partial charge >= 0.3 is 7.60 Å². The van der Waals surface area contributed by atoms with Crippen LogP contribution in [0.5, 0.6) is 17.2 Å². The summed E-state index contributed by atoms with van der Waals surface area (Å²) in [5.74, 6) is 0.567. The smallest absolute Gasteiger partial charge is 0.403 e. The fourth-order valence-electron chi connectivity index (χ4n) is 2.57. The average Bonchev–Trinajstić information content (AvgIpc) is 2.66. The topological polar surface area (TPSA) is 89.9 Å². The number of ether oxygens (including phenoxy) is 1. The van der Waals surface area contributed by atoms with Crippen LogP contribution < -0.4 is 14.7 Å². The number of phenolic OH excluding ortho intramolecular Hbond substituents is 1. The highest BCUT2D eigenvalue weighted by Crippen LogP contribution is 2.56. The van der Waals surface area contributed by atoms with Crippen molar-refractivity contribution < 1.29 is 23.6 Å². The van der Waals surface area contributed by atoms with Crippen LogP contribution in [0.2, 0.25) is 10.0 Å². The van der Waals surface area contributed by atoms with Crippen LogP contribution in [-0.2, 0) is 9.19 Å². The second-order valence-electron chi connectivity index (χ2n) is 6.04. The van der Waals surface area contributed by atoms with Gasteiger partial charge in [0, 0.05) is 12.3 Å². The Morgan fingerprint density at radius 1 is 1.29 bits per heavy atom. The summed E-state index contributed by atoms with van der Waals surface area (Å²) >= 11 is 12.1. The molecule has 0 spiro atoms. The Morgan fingerprint density at radius 3 is 2.57 bits per heavy atom. The summed E-state index contributed by atoms with van der Waals surface area (Å²) in [4.78, 5) is 4.03. The monoisotopic (exact) mass is 448 g/mol. The fraction of sp³-hybridized carbons (Fsp3) is 0.389. The van der Waals surface area contributed by atoms with Crippen molar-refractivity contribution in [1.82, 2.24) is 4.98 Å². The number of benzene rings is 1. The van der Waals surface area contributed by atoms with Crippen LogP contribution >= 0.6 is 30.8 Å². The molecule has 154 valence electrons. The number of nitrogens with one attached hydrogen (secondary N) is 1. The van der Waals surface area contributed by atoms with E-state index in [1.165, 1.54) is 25.4 Å². The molecule has 0 aliphatic heterocycles. The maximum atomic E-state index is 13.6. The molecule has 0 saturated heterocycles. The first-order chi connectivity index (χ1) is 13.3. The molecule has 28 heavy (non-hydrogen) atoms. The van der Waals surface area contributed by atoms with Gasteiger partial charge < -0.3 is 14.4 Å². The van der Waals surface area contributed by atoms with Gasteiger partial charge in [-0.1, -0.05) is 37.0 Å². The number of phenols is 1. The molecule has 10 heteroatoms. The zero-order valence-electron chi connectivity index (χ0n) is 16.0. The van der Waals surface area contributed by atoms with E-state index in [1.54, 1.807) is 13.0 Å². The Labute approximate surface area is 174 Å². The minimum Gasteiger partial charge on any atom is -0.504 e. The van der Waals surface area contributed by atoms with Crippen molar-refractivity contribution in [2.45, 2.75) is 39.3 Å². The van der Waals surface area contributed by atoms with Gasteiger partial charge in [0.15, 0.2) is 17.3 Å². The molecule has 1 heterocycles. The second kappa shape index (κ2) is 9.70. The third kappa shape index (κ3) is 5.03. The number of aromatic nitrogens is 1. The van der Waals surface area contributed by atoms with E-state index in [4.69, 9.17) is 37.1 Å². The highest BCUT2D eigenvalue weighted by atomic mass is 35.5. The summed E-state index contributed by atoms with van der Waals surface area (Å²) in [5.41, 5.74) is 2.64. The first-order valence-electron chi connectivity index (χ1n) is 8.67. The Balaban J connectivity index is 2.34. The predicted molar refractivity (Wildman–Crippen MR) is 111 cm³/mol. The lowest BCUT2D eigenvalue weighted by Gasteiger charge is -2.26. The van der Waals surface area contributed by atoms with Crippen molar-refractivity contribution in [1.29, 1.82) is 0 Å². The van der Waals surface area contributed by atoms with Crippen molar-refractivity contribution in [2.24, 2.45) is 0 Å². The Hall–Kier alpha value is -1.66. The lowest BCUT2D eigenvalue weighted by molar-refractivity contribution is 0.301. The number of anilines is 1. The van der Waals surface area contributed by atoms with E-state index in [1.807, 2.05) is 13.8 Å². The summed E-state index contributed by atoms with van der Waals surface area (Å²) in [6.07, 6.45) is 2.55. The molecule has 7 nitrogen and oxygen atoms in total. The molecular weight excluding hydrogens is 426 g/mol. The highest BCUT2D eigenvalue weighted by Gasteiger charge is 2.37. The molecule has 1 aromatic carbocycles. The van der Waals surface area contributed by atoms with E-state index in [2.05, 4.69) is 10.5 Å². The lowest BCUT2D eigenvalue weighted by atomic mass is 10.2. The summed E-state index contributed by atoms with van der Waals surface area (Å²) in [6, 6.07) is 4.53. The van der Waals surface area contributed by atoms with Crippen LogP contribution in [0.4, 0.5) is 5.82 Å². The summed E-state index contributed by atoms with van der Waals surface area (Å²) in [5, 5.41) is 10.4. The maximum Gasteiger partial charge on any atom is 0.403 e. The normalized spacial score (nSPS) is 13.2. The first kappa shape index (κ1) is 22.6. The van der Waals surface area contributed by atoms with Gasteiger partial charge in [-0.25, -0.2) is 15.0 Å². The largest absolute Gasteiger partial charge is 0.504 e. The van der Waals surface area contributed by atoms with Crippen molar-refractivity contribution in [3.63, 3.8) is 0 Å². The molecule has 0 saturated carbocycles. The summed E-state index contributed by atoms with van der Waals surface area (Å²) in [7, 11) is -2.29. The molecule has 2 rings (SSSR count). The van der Waals surface area contributed by atoms with E-state index in [0.29, 0.717) is 18.4 Å². The van der Waals surface area contributed by atoms with Crippen LogP contribution in [0.25, 0.3) is 0 Å². The SMILES string of the molecule is CCC(CC)P(=O)(ONc1nccc(Cl)c1Cl)Oc1cc(C)c(O)c(OC)c1. The molecule has 0 amide bonds. The molecule has 0 radical (unpaired) electrons. The van der Waals surface area contributed by atoms with Gasteiger partial charge in [0.25, 0.3) is 0 Å². The molecule has 2 aromatic rings. The number of aryl methyl sites for hydroxylation is 1. The van der Waals surface area contributed by atoms with E-state index < -0.39 is 13.3 Å². The molecule has 0 aliphatic carbocycles. The predicted octanol–water partition coefficient (Wildman–Crippen LogP) is 6.22. The number of pyridine rings is 1. The van der Waals surface area contributed by atoms with Crippen molar-refractivity contribution in [3.8, 4) is 17.2 Å². The van der Waals surface area contributed by atoms with Gasteiger partial charge in [-0.3, -0.25) is 0 Å². The molecule has 1 atom stereocenters.